The highest BCUT2D eigenvalue weighted by Crippen LogP contribution is 2.43. The van der Waals surface area contributed by atoms with Gasteiger partial charge in [0.05, 0.1) is 12.0 Å². The number of rotatable bonds is 4. The number of hydrogen-bond acceptors (Lipinski definition) is 2. The summed E-state index contributed by atoms with van der Waals surface area (Å²) < 4.78 is 7.35. The van der Waals surface area contributed by atoms with Crippen LogP contribution in [0.25, 0.3) is 10.8 Å². The molecule has 1 aliphatic heterocycles. The zero-order valence-electron chi connectivity index (χ0n) is 14.7. The minimum absolute atomic E-state index is 0. The Bertz CT molecular complexity index is 808. The second-order valence-corrected chi connectivity index (χ2v) is 6.60. The quantitative estimate of drug-likeness (QED) is 0.580. The standard InChI is InChI=1S/C20H24NO2.BrH/c1-5-23-18(22)12-13-21-14(2)20(3,4)19-16-9-7-6-8-15(16)10-11-17(19)21;/h6-11H,5,12-13H2,1-4H3;1H/q+1;/p-1. The molecule has 0 amide bonds. The van der Waals surface area contributed by atoms with Crippen LogP contribution in [0.2, 0.25) is 0 Å². The van der Waals surface area contributed by atoms with E-state index in [1.165, 1.54) is 27.7 Å². The van der Waals surface area contributed by atoms with Gasteiger partial charge in [-0.05, 0) is 37.6 Å². The van der Waals surface area contributed by atoms with Crippen molar-refractivity contribution in [1.29, 1.82) is 0 Å². The molecule has 128 valence electrons. The molecule has 4 heteroatoms. The second-order valence-electron chi connectivity index (χ2n) is 6.60. The van der Waals surface area contributed by atoms with E-state index in [2.05, 4.69) is 61.7 Å². The predicted octanol–water partition coefficient (Wildman–Crippen LogP) is 1.19. The van der Waals surface area contributed by atoms with E-state index in [1.54, 1.807) is 0 Å². The van der Waals surface area contributed by atoms with Gasteiger partial charge in [-0.1, -0.05) is 24.3 Å². The summed E-state index contributed by atoms with van der Waals surface area (Å²) >= 11 is 0. The maximum atomic E-state index is 11.7. The summed E-state index contributed by atoms with van der Waals surface area (Å²) in [6.45, 7) is 9.64. The van der Waals surface area contributed by atoms with Crippen molar-refractivity contribution in [3.8, 4) is 0 Å². The fourth-order valence-corrected chi connectivity index (χ4v) is 3.57. The average molecular weight is 390 g/mol. The van der Waals surface area contributed by atoms with E-state index in [0.717, 1.165) is 0 Å². The van der Waals surface area contributed by atoms with Crippen molar-refractivity contribution in [2.45, 2.75) is 39.5 Å². The van der Waals surface area contributed by atoms with E-state index in [-0.39, 0.29) is 28.4 Å². The van der Waals surface area contributed by atoms with E-state index >= 15 is 0 Å². The van der Waals surface area contributed by atoms with Crippen molar-refractivity contribution >= 4 is 28.1 Å². The molecule has 2 aromatic rings. The summed E-state index contributed by atoms with van der Waals surface area (Å²) in [5.74, 6) is -0.132. The van der Waals surface area contributed by atoms with Crippen LogP contribution in [0.3, 0.4) is 0 Å². The molecule has 0 spiro atoms. The Morgan fingerprint density at radius 1 is 1.17 bits per heavy atom. The summed E-state index contributed by atoms with van der Waals surface area (Å²) in [6, 6.07) is 12.9. The van der Waals surface area contributed by atoms with E-state index in [0.29, 0.717) is 19.6 Å². The molecule has 0 saturated carbocycles. The summed E-state index contributed by atoms with van der Waals surface area (Å²) in [5.41, 5.74) is 3.82. The van der Waals surface area contributed by atoms with E-state index in [4.69, 9.17) is 4.74 Å². The lowest BCUT2D eigenvalue weighted by molar-refractivity contribution is -0.438. The van der Waals surface area contributed by atoms with E-state index in [1.807, 2.05) is 6.92 Å². The number of ether oxygens (including phenoxy) is 1. The molecular formula is C20H24BrNO2. The SMILES string of the molecule is CCOC(=O)CC[N+]1=C(C)C(C)(C)c2c1ccc1ccccc21.[Br-]. The third-order valence-corrected chi connectivity index (χ3v) is 4.98. The average Bonchev–Trinajstić information content (AvgIpc) is 2.73. The molecule has 0 N–H and O–H groups in total. The maximum Gasteiger partial charge on any atom is 0.312 e. The molecule has 0 aromatic heterocycles. The molecule has 0 atom stereocenters. The Morgan fingerprint density at radius 2 is 1.88 bits per heavy atom. The van der Waals surface area contributed by atoms with Gasteiger partial charge in [-0.3, -0.25) is 4.79 Å². The van der Waals surface area contributed by atoms with Crippen LogP contribution in [0, 0.1) is 0 Å². The van der Waals surface area contributed by atoms with Crippen LogP contribution in [-0.4, -0.2) is 29.4 Å². The molecule has 1 heterocycles. The molecule has 0 aliphatic carbocycles. The summed E-state index contributed by atoms with van der Waals surface area (Å²) in [6.07, 6.45) is 0.410. The first kappa shape index (κ1) is 18.7. The molecule has 2 aromatic carbocycles. The zero-order chi connectivity index (χ0) is 16.6. The first-order chi connectivity index (χ1) is 11.0. The summed E-state index contributed by atoms with van der Waals surface area (Å²) in [5, 5.41) is 2.56. The number of carbonyl (C=O) groups excluding carboxylic acids is 1. The highest BCUT2D eigenvalue weighted by molar-refractivity contribution is 6.01. The summed E-state index contributed by atoms with van der Waals surface area (Å²) in [7, 11) is 0. The number of benzene rings is 2. The zero-order valence-corrected chi connectivity index (χ0v) is 16.3. The van der Waals surface area contributed by atoms with Gasteiger partial charge in [-0.15, -0.1) is 0 Å². The molecule has 0 bridgehead atoms. The molecule has 24 heavy (non-hydrogen) atoms. The van der Waals surface area contributed by atoms with Gasteiger partial charge in [0.2, 0.25) is 5.69 Å². The van der Waals surface area contributed by atoms with Crippen LogP contribution in [-0.2, 0) is 14.9 Å². The first-order valence-corrected chi connectivity index (χ1v) is 8.26. The van der Waals surface area contributed by atoms with Crippen LogP contribution in [0.15, 0.2) is 36.4 Å². The van der Waals surface area contributed by atoms with Gasteiger partial charge in [0, 0.05) is 18.6 Å². The highest BCUT2D eigenvalue weighted by atomic mass is 79.9. The van der Waals surface area contributed by atoms with Crippen molar-refractivity contribution in [2.75, 3.05) is 13.2 Å². The van der Waals surface area contributed by atoms with Gasteiger partial charge in [-0.2, -0.15) is 4.58 Å². The van der Waals surface area contributed by atoms with Crippen LogP contribution in [0.4, 0.5) is 5.69 Å². The first-order valence-electron chi connectivity index (χ1n) is 8.26. The highest BCUT2D eigenvalue weighted by Gasteiger charge is 2.44. The van der Waals surface area contributed by atoms with Crippen molar-refractivity contribution in [1.82, 2.24) is 0 Å². The van der Waals surface area contributed by atoms with Gasteiger partial charge in [-0.25, -0.2) is 0 Å². The Morgan fingerprint density at radius 3 is 2.58 bits per heavy atom. The molecule has 0 saturated heterocycles. The number of carbonyl (C=O) groups is 1. The van der Waals surface area contributed by atoms with Crippen molar-refractivity contribution in [2.24, 2.45) is 0 Å². The Kier molecular flexibility index (Phi) is 5.49. The fraction of sp³-hybridized carbons (Fsp3) is 0.400. The molecular weight excluding hydrogens is 366 g/mol. The number of fused-ring (bicyclic) bond motifs is 3. The van der Waals surface area contributed by atoms with Crippen LogP contribution in [0.1, 0.15) is 39.7 Å². The Hall–Kier alpha value is -1.68. The minimum Gasteiger partial charge on any atom is -1.00 e. The lowest BCUT2D eigenvalue weighted by Gasteiger charge is -2.17. The number of hydrogen-bond donors (Lipinski definition) is 0. The van der Waals surface area contributed by atoms with Gasteiger partial charge >= 0.3 is 5.97 Å². The molecule has 3 nitrogen and oxygen atoms in total. The second kappa shape index (κ2) is 7.06. The lowest BCUT2D eigenvalue weighted by Crippen LogP contribution is -3.00. The molecule has 0 fully saturated rings. The topological polar surface area (TPSA) is 29.3 Å². The predicted molar refractivity (Wildman–Crippen MR) is 93.7 cm³/mol. The minimum atomic E-state index is -0.132. The summed E-state index contributed by atoms with van der Waals surface area (Å²) in [4.78, 5) is 11.7. The number of esters is 1. The van der Waals surface area contributed by atoms with Gasteiger partial charge in [0.25, 0.3) is 0 Å². The van der Waals surface area contributed by atoms with Crippen molar-refractivity contribution in [3.63, 3.8) is 0 Å². The molecule has 1 aliphatic rings. The maximum absolute atomic E-state index is 11.7. The Balaban J connectivity index is 0.00000208. The van der Waals surface area contributed by atoms with Crippen molar-refractivity contribution in [3.05, 3.63) is 42.0 Å². The third kappa shape index (κ3) is 3.00. The number of nitrogens with zero attached hydrogens (tertiary/aromatic N) is 1. The van der Waals surface area contributed by atoms with Crippen LogP contribution < -0.4 is 17.0 Å². The smallest absolute Gasteiger partial charge is 0.312 e. The normalized spacial score (nSPS) is 15.2. The van der Waals surface area contributed by atoms with E-state index < -0.39 is 0 Å². The monoisotopic (exact) mass is 389 g/mol. The fourth-order valence-electron chi connectivity index (χ4n) is 3.57. The molecule has 3 rings (SSSR count). The third-order valence-electron chi connectivity index (χ3n) is 4.98. The van der Waals surface area contributed by atoms with Crippen LogP contribution >= 0.6 is 0 Å². The van der Waals surface area contributed by atoms with Crippen molar-refractivity contribution < 1.29 is 31.1 Å². The van der Waals surface area contributed by atoms with Gasteiger partial charge in [0.1, 0.15) is 6.42 Å². The number of halogens is 1. The molecule has 0 unspecified atom stereocenters. The van der Waals surface area contributed by atoms with Gasteiger partial charge in [0.15, 0.2) is 12.3 Å². The van der Waals surface area contributed by atoms with Crippen LogP contribution in [0.5, 0.6) is 0 Å². The van der Waals surface area contributed by atoms with E-state index in [9.17, 15) is 4.79 Å². The largest absolute Gasteiger partial charge is 1.00 e. The molecule has 0 radical (unpaired) electrons. The lowest BCUT2D eigenvalue weighted by atomic mass is 9.80. The van der Waals surface area contributed by atoms with Gasteiger partial charge < -0.3 is 21.7 Å². The Labute approximate surface area is 154 Å².